The fourth-order valence-corrected chi connectivity index (χ4v) is 4.07. The Bertz CT molecular complexity index is 1250. The number of rotatable bonds is 0. The molecule has 0 saturated heterocycles. The maximum atomic E-state index is 4.36. The van der Waals surface area contributed by atoms with Gasteiger partial charge in [0.05, 0.1) is 16.6 Å². The molecule has 0 spiro atoms. The molecule has 3 aromatic carbocycles. The standard InChI is InChI=1S/C20H12BrN/c1-12-14-6-2-4-8-18(14)22-19-9-5-3-7-15(19)17-11-13(21)10-16(12)20(17)22/h2-11H,1H2. The average Bonchev–Trinajstić information content (AvgIpc) is 2.87. The lowest BCUT2D eigenvalue weighted by Gasteiger charge is -2.09. The molecular formula is C20H12BrN. The maximum Gasteiger partial charge on any atom is 0.0620 e. The van der Waals surface area contributed by atoms with Crippen molar-refractivity contribution in [3.63, 3.8) is 0 Å². The van der Waals surface area contributed by atoms with E-state index in [1.807, 2.05) is 0 Å². The van der Waals surface area contributed by atoms with Gasteiger partial charge in [-0.3, -0.25) is 0 Å². The molecule has 0 fully saturated rings. The summed E-state index contributed by atoms with van der Waals surface area (Å²) in [5.74, 6) is 0. The summed E-state index contributed by atoms with van der Waals surface area (Å²) in [6.07, 6.45) is 0. The van der Waals surface area contributed by atoms with Gasteiger partial charge in [-0.25, -0.2) is 0 Å². The minimum absolute atomic E-state index is 1.09. The van der Waals surface area contributed by atoms with E-state index >= 15 is 0 Å². The van der Waals surface area contributed by atoms with Gasteiger partial charge in [0.1, 0.15) is 0 Å². The van der Waals surface area contributed by atoms with E-state index in [9.17, 15) is 0 Å². The van der Waals surface area contributed by atoms with Crippen molar-refractivity contribution in [3.05, 3.63) is 70.4 Å². The minimum atomic E-state index is 1.09. The molecule has 5 rings (SSSR count). The molecule has 0 aliphatic rings. The van der Waals surface area contributed by atoms with Crippen LogP contribution in [-0.2, 0) is 0 Å². The summed E-state index contributed by atoms with van der Waals surface area (Å²) in [6.45, 7) is 4.36. The zero-order chi connectivity index (χ0) is 14.8. The van der Waals surface area contributed by atoms with Crippen molar-refractivity contribution in [2.24, 2.45) is 0 Å². The van der Waals surface area contributed by atoms with E-state index in [2.05, 4.69) is 87.6 Å². The quantitative estimate of drug-likeness (QED) is 0.336. The molecule has 0 aliphatic carbocycles. The van der Waals surface area contributed by atoms with Gasteiger partial charge in [0, 0.05) is 26.0 Å². The van der Waals surface area contributed by atoms with E-state index in [-0.39, 0.29) is 0 Å². The van der Waals surface area contributed by atoms with E-state index in [4.69, 9.17) is 0 Å². The Morgan fingerprint density at radius 1 is 0.727 bits per heavy atom. The Balaban J connectivity index is 2.33. The molecule has 0 bridgehead atoms. The van der Waals surface area contributed by atoms with Crippen LogP contribution in [0.15, 0.2) is 65.1 Å². The molecule has 0 aliphatic heterocycles. The number of benzene rings is 3. The van der Waals surface area contributed by atoms with Crippen molar-refractivity contribution < 1.29 is 0 Å². The first kappa shape index (κ1) is 12.2. The zero-order valence-electron chi connectivity index (χ0n) is 11.8. The summed E-state index contributed by atoms with van der Waals surface area (Å²) in [7, 11) is 0. The van der Waals surface area contributed by atoms with Crippen LogP contribution in [0.5, 0.6) is 0 Å². The second-order valence-electron chi connectivity index (χ2n) is 5.70. The molecule has 0 radical (unpaired) electrons. The van der Waals surface area contributed by atoms with Gasteiger partial charge in [0.25, 0.3) is 0 Å². The number of pyridine rings is 1. The van der Waals surface area contributed by atoms with Crippen LogP contribution in [0, 0.1) is 0 Å². The van der Waals surface area contributed by atoms with Crippen LogP contribution in [0.1, 0.15) is 0 Å². The highest BCUT2D eigenvalue weighted by molar-refractivity contribution is 9.10. The second kappa shape index (κ2) is 4.11. The third-order valence-corrected chi connectivity index (χ3v) is 4.99. The molecule has 5 aromatic rings. The molecule has 0 amide bonds. The molecule has 2 heteroatoms. The van der Waals surface area contributed by atoms with E-state index < -0.39 is 0 Å². The fraction of sp³-hybridized carbons (Fsp3) is 0. The molecule has 22 heavy (non-hydrogen) atoms. The lowest BCUT2D eigenvalue weighted by Crippen LogP contribution is -2.05. The number of hydrogen-bond donors (Lipinski definition) is 0. The third-order valence-electron chi connectivity index (χ3n) is 4.53. The van der Waals surface area contributed by atoms with Crippen LogP contribution in [0.4, 0.5) is 0 Å². The van der Waals surface area contributed by atoms with Crippen LogP contribution in [0.2, 0.25) is 0 Å². The predicted octanol–water partition coefficient (Wildman–Crippen LogP) is 5.29. The first-order valence-corrected chi connectivity index (χ1v) is 8.07. The highest BCUT2D eigenvalue weighted by Gasteiger charge is 2.15. The predicted molar refractivity (Wildman–Crippen MR) is 98.4 cm³/mol. The van der Waals surface area contributed by atoms with Gasteiger partial charge < -0.3 is 4.40 Å². The molecule has 104 valence electrons. The summed E-state index contributed by atoms with van der Waals surface area (Å²) < 4.78 is 3.47. The largest absolute Gasteiger partial charge is 0.308 e. The Morgan fingerprint density at radius 2 is 1.32 bits per heavy atom. The van der Waals surface area contributed by atoms with Gasteiger partial charge in [-0.15, -0.1) is 0 Å². The van der Waals surface area contributed by atoms with Crippen molar-refractivity contribution >= 4 is 60.6 Å². The highest BCUT2D eigenvalue weighted by atomic mass is 79.9. The van der Waals surface area contributed by atoms with Crippen LogP contribution >= 0.6 is 15.9 Å². The van der Waals surface area contributed by atoms with Crippen molar-refractivity contribution in [1.29, 1.82) is 0 Å². The summed E-state index contributed by atoms with van der Waals surface area (Å²) in [5, 5.41) is 6.06. The maximum absolute atomic E-state index is 4.36. The number of nitrogens with zero attached hydrogens (tertiary/aromatic N) is 1. The Hall–Kier alpha value is -2.32. The summed E-state index contributed by atoms with van der Waals surface area (Å²) in [6, 6.07) is 21.5. The van der Waals surface area contributed by atoms with Gasteiger partial charge in [-0.2, -0.15) is 0 Å². The van der Waals surface area contributed by atoms with Crippen LogP contribution in [0.3, 0.4) is 0 Å². The molecule has 2 aromatic heterocycles. The smallest absolute Gasteiger partial charge is 0.0620 e. The number of halogens is 1. The second-order valence-corrected chi connectivity index (χ2v) is 6.61. The van der Waals surface area contributed by atoms with Crippen LogP contribution in [0.25, 0.3) is 44.7 Å². The third kappa shape index (κ3) is 1.38. The van der Waals surface area contributed by atoms with Crippen molar-refractivity contribution in [2.45, 2.75) is 0 Å². The number of hydrogen-bond acceptors (Lipinski definition) is 0. The van der Waals surface area contributed by atoms with Gasteiger partial charge in [-0.1, -0.05) is 58.9 Å². The van der Waals surface area contributed by atoms with Crippen molar-refractivity contribution in [1.82, 2.24) is 4.40 Å². The lowest BCUT2D eigenvalue weighted by atomic mass is 10.1. The van der Waals surface area contributed by atoms with Gasteiger partial charge in [0.15, 0.2) is 0 Å². The minimum Gasteiger partial charge on any atom is -0.308 e. The summed E-state index contributed by atoms with van der Waals surface area (Å²) in [5.41, 5.74) is 3.72. The van der Waals surface area contributed by atoms with E-state index in [0.717, 1.165) is 9.69 Å². The molecule has 0 N–H and O–H groups in total. The fourth-order valence-electron chi connectivity index (χ4n) is 3.61. The normalized spacial score (nSPS) is 12.0. The molecular weight excluding hydrogens is 334 g/mol. The highest BCUT2D eigenvalue weighted by Crippen LogP contribution is 2.35. The van der Waals surface area contributed by atoms with Gasteiger partial charge >= 0.3 is 0 Å². The zero-order valence-corrected chi connectivity index (χ0v) is 13.4. The number of para-hydroxylation sites is 2. The number of fused-ring (bicyclic) bond motifs is 5. The Kier molecular flexibility index (Phi) is 2.29. The average molecular weight is 346 g/mol. The topological polar surface area (TPSA) is 4.41 Å². The first-order valence-electron chi connectivity index (χ1n) is 7.27. The molecule has 1 nitrogen and oxygen atoms in total. The molecule has 0 atom stereocenters. The van der Waals surface area contributed by atoms with E-state index in [1.54, 1.807) is 0 Å². The van der Waals surface area contributed by atoms with Crippen molar-refractivity contribution in [3.8, 4) is 0 Å². The van der Waals surface area contributed by atoms with Crippen molar-refractivity contribution in [2.75, 3.05) is 0 Å². The monoisotopic (exact) mass is 345 g/mol. The van der Waals surface area contributed by atoms with E-state index in [1.165, 1.54) is 38.1 Å². The lowest BCUT2D eigenvalue weighted by molar-refractivity contribution is 1.34. The van der Waals surface area contributed by atoms with Crippen LogP contribution in [-0.4, -0.2) is 4.40 Å². The summed E-state index contributed by atoms with van der Waals surface area (Å²) in [4.78, 5) is 0. The Labute approximate surface area is 135 Å². The SMILES string of the molecule is C=c1c2ccccc2n2c3ccccc3c3cc(Br)cc1c32. The number of aromatic nitrogens is 1. The van der Waals surface area contributed by atoms with E-state index in [0.29, 0.717) is 0 Å². The molecule has 0 saturated carbocycles. The van der Waals surface area contributed by atoms with Gasteiger partial charge in [-0.05, 0) is 29.5 Å². The first-order chi connectivity index (χ1) is 10.8. The summed E-state index contributed by atoms with van der Waals surface area (Å²) >= 11 is 3.66. The van der Waals surface area contributed by atoms with Gasteiger partial charge in [0.2, 0.25) is 0 Å². The van der Waals surface area contributed by atoms with Crippen LogP contribution < -0.4 is 5.22 Å². The molecule has 0 unspecified atom stereocenters. The Morgan fingerprint density at radius 3 is 2.09 bits per heavy atom. The molecule has 2 heterocycles.